The van der Waals surface area contributed by atoms with Crippen LogP contribution in [0.15, 0.2) is 29.3 Å². The molecule has 21 heavy (non-hydrogen) atoms. The first-order chi connectivity index (χ1) is 10.0. The topological polar surface area (TPSA) is 87.8 Å². The molecule has 2 fully saturated rings. The van der Waals surface area contributed by atoms with E-state index in [0.29, 0.717) is 31.5 Å². The monoisotopic (exact) mass is 308 g/mol. The minimum Gasteiger partial charge on any atom is -0.370 e. The zero-order valence-corrected chi connectivity index (χ0v) is 12.6. The number of anilines is 1. The summed E-state index contributed by atoms with van der Waals surface area (Å²) in [6.07, 6.45) is 3.02. The molecule has 6 nitrogen and oxygen atoms in total. The average molecular weight is 308 g/mol. The van der Waals surface area contributed by atoms with E-state index in [2.05, 4.69) is 10.3 Å². The maximum absolute atomic E-state index is 11.9. The van der Waals surface area contributed by atoms with Crippen LogP contribution in [0.3, 0.4) is 0 Å². The van der Waals surface area contributed by atoms with Crippen LogP contribution in [0.25, 0.3) is 0 Å². The zero-order valence-electron chi connectivity index (χ0n) is 11.8. The number of hydrogen-bond donors (Lipinski definition) is 2. The van der Waals surface area contributed by atoms with Crippen molar-refractivity contribution in [3.63, 3.8) is 0 Å². The van der Waals surface area contributed by atoms with Gasteiger partial charge in [-0.25, -0.2) is 13.4 Å². The Morgan fingerprint density at radius 1 is 1.33 bits per heavy atom. The summed E-state index contributed by atoms with van der Waals surface area (Å²) >= 11 is 0. The van der Waals surface area contributed by atoms with Crippen molar-refractivity contribution >= 4 is 21.7 Å². The summed E-state index contributed by atoms with van der Waals surface area (Å²) in [7, 11) is -3.11. The van der Waals surface area contributed by atoms with E-state index in [0.717, 1.165) is 24.1 Å². The Labute approximate surface area is 125 Å². The van der Waals surface area contributed by atoms with E-state index in [4.69, 9.17) is 5.73 Å². The number of nitrogens with one attached hydrogen (secondary N) is 1. The van der Waals surface area contributed by atoms with E-state index in [-0.39, 0.29) is 5.75 Å². The minimum atomic E-state index is -3.11. The number of rotatable bonds is 4. The van der Waals surface area contributed by atoms with Crippen LogP contribution in [0, 0.1) is 0 Å². The lowest BCUT2D eigenvalue weighted by Gasteiger charge is -2.16. The Morgan fingerprint density at radius 3 is 2.62 bits per heavy atom. The first-order valence-corrected chi connectivity index (χ1v) is 8.81. The van der Waals surface area contributed by atoms with E-state index < -0.39 is 10.0 Å². The molecule has 0 amide bonds. The molecule has 0 bridgehead atoms. The summed E-state index contributed by atoms with van der Waals surface area (Å²) in [6.45, 7) is 1.07. The average Bonchev–Trinajstić information content (AvgIpc) is 3.19. The lowest BCUT2D eigenvalue weighted by molar-refractivity contribution is 0.599. The van der Waals surface area contributed by atoms with Gasteiger partial charge >= 0.3 is 0 Å². The predicted molar refractivity (Wildman–Crippen MR) is 83.7 cm³/mol. The number of hydrogen-bond acceptors (Lipinski definition) is 3. The van der Waals surface area contributed by atoms with Gasteiger partial charge in [-0.2, -0.15) is 0 Å². The minimum absolute atomic E-state index is 0.239. The molecule has 1 aliphatic carbocycles. The maximum Gasteiger partial charge on any atom is 0.235 e. The van der Waals surface area contributed by atoms with Gasteiger partial charge in [-0.3, -0.25) is 4.31 Å². The highest BCUT2D eigenvalue weighted by atomic mass is 32.2. The SMILES string of the molecule is NC(=NCc1ccc(N2CCCS2(=O)=O)cc1)NC1CC1. The Bertz CT molecular complexity index is 635. The van der Waals surface area contributed by atoms with Gasteiger partial charge in [0.25, 0.3) is 0 Å². The van der Waals surface area contributed by atoms with Crippen molar-refractivity contribution < 1.29 is 8.42 Å². The predicted octanol–water partition coefficient (Wildman–Crippen LogP) is 0.793. The van der Waals surface area contributed by atoms with Crippen molar-refractivity contribution in [2.75, 3.05) is 16.6 Å². The maximum atomic E-state index is 11.9. The molecular weight excluding hydrogens is 288 g/mol. The van der Waals surface area contributed by atoms with Gasteiger partial charge in [0, 0.05) is 12.6 Å². The normalized spacial score (nSPS) is 21.5. The van der Waals surface area contributed by atoms with Crippen LogP contribution >= 0.6 is 0 Å². The fourth-order valence-electron chi connectivity index (χ4n) is 2.36. The first kappa shape index (κ1) is 14.2. The summed E-state index contributed by atoms with van der Waals surface area (Å²) in [4.78, 5) is 4.28. The zero-order chi connectivity index (χ0) is 14.9. The van der Waals surface area contributed by atoms with Gasteiger partial charge in [0.1, 0.15) is 0 Å². The molecule has 0 radical (unpaired) electrons. The summed E-state index contributed by atoms with van der Waals surface area (Å²) in [5.41, 5.74) is 7.52. The second-order valence-corrected chi connectivity index (χ2v) is 7.54. The Hall–Kier alpha value is -1.76. The quantitative estimate of drug-likeness (QED) is 0.636. The van der Waals surface area contributed by atoms with Crippen molar-refractivity contribution in [2.24, 2.45) is 10.7 Å². The van der Waals surface area contributed by atoms with E-state index >= 15 is 0 Å². The highest BCUT2D eigenvalue weighted by molar-refractivity contribution is 7.93. The fourth-order valence-corrected chi connectivity index (χ4v) is 3.92. The summed E-state index contributed by atoms with van der Waals surface area (Å²) in [5, 5.41) is 3.13. The molecule has 0 aromatic heterocycles. The number of sulfonamides is 1. The molecule has 0 spiro atoms. The van der Waals surface area contributed by atoms with E-state index in [1.165, 1.54) is 4.31 Å². The van der Waals surface area contributed by atoms with Crippen molar-refractivity contribution in [3.8, 4) is 0 Å². The van der Waals surface area contributed by atoms with Gasteiger partial charge in [0.15, 0.2) is 5.96 Å². The second kappa shape index (κ2) is 5.55. The number of guanidine groups is 1. The molecule has 1 aromatic rings. The van der Waals surface area contributed by atoms with Crippen LogP contribution in [0.1, 0.15) is 24.8 Å². The number of nitrogens with two attached hydrogens (primary N) is 1. The smallest absolute Gasteiger partial charge is 0.235 e. The third-order valence-electron chi connectivity index (χ3n) is 3.68. The number of benzene rings is 1. The van der Waals surface area contributed by atoms with E-state index in [1.807, 2.05) is 24.3 Å². The van der Waals surface area contributed by atoms with Gasteiger partial charge in [-0.05, 0) is 37.0 Å². The fraction of sp³-hybridized carbons (Fsp3) is 0.500. The molecule has 0 unspecified atom stereocenters. The van der Waals surface area contributed by atoms with Gasteiger partial charge in [-0.15, -0.1) is 0 Å². The lowest BCUT2D eigenvalue weighted by Crippen LogP contribution is -2.33. The Balaban J connectivity index is 1.64. The Morgan fingerprint density at radius 2 is 2.05 bits per heavy atom. The van der Waals surface area contributed by atoms with Gasteiger partial charge in [-0.1, -0.05) is 12.1 Å². The molecule has 114 valence electrons. The van der Waals surface area contributed by atoms with Crippen molar-refractivity contribution in [1.29, 1.82) is 0 Å². The summed E-state index contributed by atoms with van der Waals surface area (Å²) < 4.78 is 25.2. The molecule has 1 heterocycles. The first-order valence-electron chi connectivity index (χ1n) is 7.20. The molecular formula is C14H20N4O2S. The van der Waals surface area contributed by atoms with Crippen LogP contribution in [0.4, 0.5) is 5.69 Å². The van der Waals surface area contributed by atoms with Crippen LogP contribution in [0.2, 0.25) is 0 Å². The molecule has 1 aromatic carbocycles. The van der Waals surface area contributed by atoms with Gasteiger partial charge < -0.3 is 11.1 Å². The third-order valence-corrected chi connectivity index (χ3v) is 5.55. The van der Waals surface area contributed by atoms with E-state index in [1.54, 1.807) is 0 Å². The molecule has 0 atom stereocenters. The van der Waals surface area contributed by atoms with Crippen LogP contribution in [0.5, 0.6) is 0 Å². The van der Waals surface area contributed by atoms with Crippen LogP contribution < -0.4 is 15.4 Å². The molecule has 2 aliphatic rings. The molecule has 3 N–H and O–H groups in total. The molecule has 1 aliphatic heterocycles. The third kappa shape index (κ3) is 3.47. The largest absolute Gasteiger partial charge is 0.370 e. The highest BCUT2D eigenvalue weighted by Gasteiger charge is 2.28. The summed E-state index contributed by atoms with van der Waals surface area (Å²) in [5.74, 6) is 0.714. The molecule has 1 saturated carbocycles. The van der Waals surface area contributed by atoms with Crippen molar-refractivity contribution in [3.05, 3.63) is 29.8 Å². The van der Waals surface area contributed by atoms with Crippen LogP contribution in [-0.2, 0) is 16.6 Å². The summed E-state index contributed by atoms with van der Waals surface area (Å²) in [6, 6.07) is 7.96. The van der Waals surface area contributed by atoms with Crippen molar-refractivity contribution in [1.82, 2.24) is 5.32 Å². The number of nitrogens with zero attached hydrogens (tertiary/aromatic N) is 2. The lowest BCUT2D eigenvalue weighted by atomic mass is 10.2. The molecule has 1 saturated heterocycles. The Kier molecular flexibility index (Phi) is 3.75. The highest BCUT2D eigenvalue weighted by Crippen LogP contribution is 2.24. The van der Waals surface area contributed by atoms with Gasteiger partial charge in [0.2, 0.25) is 10.0 Å². The van der Waals surface area contributed by atoms with Crippen molar-refractivity contribution in [2.45, 2.75) is 31.8 Å². The number of aliphatic imine (C=N–C) groups is 1. The van der Waals surface area contributed by atoms with E-state index in [9.17, 15) is 8.42 Å². The van der Waals surface area contributed by atoms with Crippen LogP contribution in [-0.4, -0.2) is 32.7 Å². The standard InChI is InChI=1S/C14H20N4O2S/c15-14(17-12-4-5-12)16-10-11-2-6-13(7-3-11)18-8-1-9-21(18,19)20/h2-3,6-7,12H,1,4-5,8-10H2,(H3,15,16,17). The molecule has 7 heteroatoms. The molecule has 3 rings (SSSR count). The van der Waals surface area contributed by atoms with Gasteiger partial charge in [0.05, 0.1) is 18.0 Å². The second-order valence-electron chi connectivity index (χ2n) is 5.53.